The average Bonchev–Trinajstić information content (AvgIpc) is 3.28. The molecule has 1 atom stereocenters. The molecule has 3 aromatic carbocycles. The maximum Gasteiger partial charge on any atom is 0.342 e. The molecule has 1 N–H and O–H groups in total. The topological polar surface area (TPSA) is 73.2 Å². The van der Waals surface area contributed by atoms with Gasteiger partial charge in [0.2, 0.25) is 6.10 Å². The maximum atomic E-state index is 13.2. The lowest BCUT2D eigenvalue weighted by Crippen LogP contribution is -2.25. The van der Waals surface area contributed by atoms with Crippen molar-refractivity contribution in [2.45, 2.75) is 12.6 Å². The molecule has 1 heterocycles. The van der Waals surface area contributed by atoms with Crippen LogP contribution in [0.5, 0.6) is 0 Å². The largest absolute Gasteiger partial charge is 0.444 e. The highest BCUT2D eigenvalue weighted by Crippen LogP contribution is 2.22. The average molecular weight is 429 g/mol. The zero-order chi connectivity index (χ0) is 22.3. The van der Waals surface area contributed by atoms with Gasteiger partial charge in [-0.25, -0.2) is 9.18 Å². The molecule has 0 spiro atoms. The van der Waals surface area contributed by atoms with Crippen LogP contribution in [0.25, 0.3) is 0 Å². The van der Waals surface area contributed by atoms with Gasteiger partial charge in [-0.2, -0.15) is 5.10 Å². The Morgan fingerprint density at radius 1 is 0.938 bits per heavy atom. The molecule has 0 fully saturated rings. The molecule has 6 nitrogen and oxygen atoms in total. The molecule has 1 amide bonds. The van der Waals surface area contributed by atoms with Crippen molar-refractivity contribution >= 4 is 17.6 Å². The molecule has 1 aromatic heterocycles. The van der Waals surface area contributed by atoms with E-state index >= 15 is 0 Å². The number of nitrogens with one attached hydrogen (secondary N) is 1. The Morgan fingerprint density at radius 3 is 2.28 bits per heavy atom. The number of aromatic nitrogens is 2. The fourth-order valence-corrected chi connectivity index (χ4v) is 3.14. The molecule has 32 heavy (non-hydrogen) atoms. The van der Waals surface area contributed by atoms with E-state index in [1.54, 1.807) is 41.2 Å². The molecular formula is C25H20FN3O3. The summed E-state index contributed by atoms with van der Waals surface area (Å²) in [5, 5.41) is 6.87. The first-order valence-corrected chi connectivity index (χ1v) is 9.97. The molecular weight excluding hydrogens is 409 g/mol. The Balaban J connectivity index is 1.50. The summed E-state index contributed by atoms with van der Waals surface area (Å²) in [5.41, 5.74) is 2.17. The number of halogens is 1. The maximum absolute atomic E-state index is 13.2. The molecule has 0 aliphatic heterocycles. The van der Waals surface area contributed by atoms with Gasteiger partial charge in [-0.15, -0.1) is 0 Å². The number of amides is 1. The van der Waals surface area contributed by atoms with Crippen LogP contribution in [0.1, 0.15) is 27.6 Å². The van der Waals surface area contributed by atoms with Crippen molar-refractivity contribution in [3.05, 3.63) is 120 Å². The fourth-order valence-electron chi connectivity index (χ4n) is 3.14. The molecule has 0 aliphatic rings. The van der Waals surface area contributed by atoms with Crippen molar-refractivity contribution in [1.29, 1.82) is 0 Å². The zero-order valence-electron chi connectivity index (χ0n) is 17.0. The monoisotopic (exact) mass is 429 g/mol. The molecule has 1 unspecified atom stereocenters. The van der Waals surface area contributed by atoms with Crippen LogP contribution < -0.4 is 5.32 Å². The number of anilines is 1. The number of benzene rings is 3. The van der Waals surface area contributed by atoms with Gasteiger partial charge in [0.05, 0.1) is 18.3 Å². The van der Waals surface area contributed by atoms with Gasteiger partial charge >= 0.3 is 5.97 Å². The van der Waals surface area contributed by atoms with Gasteiger partial charge in [0.25, 0.3) is 5.91 Å². The second-order valence-corrected chi connectivity index (χ2v) is 7.10. The number of nitrogens with zero attached hydrogens (tertiary/aromatic N) is 2. The highest BCUT2D eigenvalue weighted by Gasteiger charge is 2.26. The Labute approximate surface area is 184 Å². The predicted octanol–water partition coefficient (Wildman–Crippen LogP) is 4.61. The summed E-state index contributed by atoms with van der Waals surface area (Å²) in [4.78, 5) is 25.7. The van der Waals surface area contributed by atoms with Gasteiger partial charge < -0.3 is 10.1 Å². The fraction of sp³-hybridized carbons (Fsp3) is 0.0800. The molecule has 0 saturated heterocycles. The number of ether oxygens (including phenoxy) is 1. The highest BCUT2D eigenvalue weighted by atomic mass is 19.1. The normalized spacial score (nSPS) is 11.5. The summed E-state index contributed by atoms with van der Waals surface area (Å²) in [5.74, 6) is -1.64. The summed E-state index contributed by atoms with van der Waals surface area (Å²) in [6, 6.07) is 23.7. The van der Waals surface area contributed by atoms with Crippen LogP contribution in [-0.4, -0.2) is 21.7 Å². The second kappa shape index (κ2) is 9.70. The summed E-state index contributed by atoms with van der Waals surface area (Å²) < 4.78 is 20.3. The molecule has 4 aromatic rings. The Bertz CT molecular complexity index is 1190. The van der Waals surface area contributed by atoms with E-state index in [2.05, 4.69) is 10.4 Å². The minimum absolute atomic E-state index is 0.233. The van der Waals surface area contributed by atoms with Gasteiger partial charge in [0.15, 0.2) is 0 Å². The van der Waals surface area contributed by atoms with Crippen LogP contribution in [0.4, 0.5) is 10.1 Å². The number of carbonyl (C=O) groups excluding carboxylic acids is 2. The smallest absolute Gasteiger partial charge is 0.342 e. The first kappa shape index (κ1) is 21.0. The summed E-state index contributed by atoms with van der Waals surface area (Å²) in [6.45, 7) is 0.501. The lowest BCUT2D eigenvalue weighted by Gasteiger charge is -2.17. The highest BCUT2D eigenvalue weighted by molar-refractivity contribution is 5.98. The molecule has 160 valence electrons. The SMILES string of the molecule is O=C(OC(C(=O)Nc1ccc(F)cc1)c1ccccc1)c1cnn(Cc2ccccc2)c1. The van der Waals surface area contributed by atoms with Crippen LogP contribution in [0.2, 0.25) is 0 Å². The number of carbonyl (C=O) groups is 2. The van der Waals surface area contributed by atoms with E-state index in [0.717, 1.165) is 5.56 Å². The minimum atomic E-state index is -1.19. The Morgan fingerprint density at radius 2 is 1.59 bits per heavy atom. The number of esters is 1. The molecule has 0 bridgehead atoms. The van der Waals surface area contributed by atoms with Gasteiger partial charge in [-0.1, -0.05) is 60.7 Å². The van der Waals surface area contributed by atoms with Crippen LogP contribution in [-0.2, 0) is 16.1 Å². The number of hydrogen-bond donors (Lipinski definition) is 1. The lowest BCUT2D eigenvalue weighted by molar-refractivity contribution is -0.125. The summed E-state index contributed by atoms with van der Waals surface area (Å²) in [7, 11) is 0. The van der Waals surface area contributed by atoms with E-state index in [0.29, 0.717) is 17.8 Å². The van der Waals surface area contributed by atoms with Crippen LogP contribution in [0.15, 0.2) is 97.3 Å². The van der Waals surface area contributed by atoms with Crippen molar-refractivity contribution in [3.8, 4) is 0 Å². The number of hydrogen-bond acceptors (Lipinski definition) is 4. The molecule has 0 radical (unpaired) electrons. The lowest BCUT2D eigenvalue weighted by atomic mass is 10.1. The van der Waals surface area contributed by atoms with E-state index in [4.69, 9.17) is 4.74 Å². The molecule has 0 saturated carbocycles. The Hall–Kier alpha value is -4.26. The van der Waals surface area contributed by atoms with Crippen LogP contribution in [0.3, 0.4) is 0 Å². The van der Waals surface area contributed by atoms with Gasteiger partial charge in [-0.05, 0) is 29.8 Å². The van der Waals surface area contributed by atoms with Crippen molar-refractivity contribution in [3.63, 3.8) is 0 Å². The van der Waals surface area contributed by atoms with Gasteiger partial charge in [-0.3, -0.25) is 9.48 Å². The third-order valence-corrected chi connectivity index (χ3v) is 4.73. The minimum Gasteiger partial charge on any atom is -0.444 e. The van der Waals surface area contributed by atoms with E-state index in [9.17, 15) is 14.0 Å². The van der Waals surface area contributed by atoms with Crippen LogP contribution in [0, 0.1) is 5.82 Å². The van der Waals surface area contributed by atoms with E-state index in [1.807, 2.05) is 30.3 Å². The summed E-state index contributed by atoms with van der Waals surface area (Å²) in [6.07, 6.45) is 1.80. The van der Waals surface area contributed by atoms with Crippen molar-refractivity contribution in [1.82, 2.24) is 9.78 Å². The summed E-state index contributed by atoms with van der Waals surface area (Å²) >= 11 is 0. The van der Waals surface area contributed by atoms with E-state index in [-0.39, 0.29) is 5.56 Å². The van der Waals surface area contributed by atoms with Crippen LogP contribution >= 0.6 is 0 Å². The van der Waals surface area contributed by atoms with Crippen molar-refractivity contribution in [2.24, 2.45) is 0 Å². The third kappa shape index (κ3) is 5.26. The number of rotatable bonds is 7. The predicted molar refractivity (Wildman–Crippen MR) is 117 cm³/mol. The zero-order valence-corrected chi connectivity index (χ0v) is 17.0. The third-order valence-electron chi connectivity index (χ3n) is 4.73. The van der Waals surface area contributed by atoms with E-state index in [1.165, 1.54) is 30.5 Å². The van der Waals surface area contributed by atoms with Crippen molar-refractivity contribution < 1.29 is 18.7 Å². The Kier molecular flexibility index (Phi) is 6.36. The standard InChI is InChI=1S/C25H20FN3O3/c26-21-11-13-22(14-12-21)28-24(30)23(19-9-5-2-6-10-19)32-25(31)20-15-27-29(17-20)16-18-7-3-1-4-8-18/h1-15,17,23H,16H2,(H,28,30). The first-order chi connectivity index (χ1) is 15.6. The molecule has 4 rings (SSSR count). The van der Waals surface area contributed by atoms with E-state index < -0.39 is 23.8 Å². The van der Waals surface area contributed by atoms with Gasteiger partial charge in [0.1, 0.15) is 5.82 Å². The second-order valence-electron chi connectivity index (χ2n) is 7.10. The quantitative estimate of drug-likeness (QED) is 0.436. The first-order valence-electron chi connectivity index (χ1n) is 9.97. The molecule has 7 heteroatoms. The van der Waals surface area contributed by atoms with Gasteiger partial charge in [0, 0.05) is 17.4 Å². The molecule has 0 aliphatic carbocycles. The van der Waals surface area contributed by atoms with Crippen molar-refractivity contribution in [2.75, 3.05) is 5.32 Å².